The molecule has 0 spiro atoms. The van der Waals surface area contributed by atoms with Crippen molar-refractivity contribution in [3.8, 4) is 0 Å². The molecule has 15 heavy (non-hydrogen) atoms. The Morgan fingerprint density at radius 3 is 3.27 bits per heavy atom. The number of allylic oxidation sites excluding steroid dienone is 1. The summed E-state index contributed by atoms with van der Waals surface area (Å²) in [5.41, 5.74) is 0.588. The molecule has 1 atom stereocenters. The van der Waals surface area contributed by atoms with E-state index in [0.29, 0.717) is 18.9 Å². The van der Waals surface area contributed by atoms with E-state index in [1.54, 1.807) is 0 Å². The average molecular weight is 209 g/mol. The minimum Gasteiger partial charge on any atom is -0.377 e. The topological polar surface area (TPSA) is 81.0 Å². The summed E-state index contributed by atoms with van der Waals surface area (Å²) in [7, 11) is 0. The van der Waals surface area contributed by atoms with E-state index >= 15 is 0 Å². The Hall–Kier alpha value is -1.69. The van der Waals surface area contributed by atoms with Crippen LogP contribution in [0, 0.1) is 10.1 Å². The summed E-state index contributed by atoms with van der Waals surface area (Å²) in [6.07, 6.45) is 5.87. The number of aromatic amines is 1. The van der Waals surface area contributed by atoms with Crippen molar-refractivity contribution in [1.82, 2.24) is 10.2 Å². The second-order valence-electron chi connectivity index (χ2n) is 3.37. The number of rotatable bonds is 2. The standard InChI is InChI=1S/C9H11N3O3/c13-12(14)8-5-10-11-9(8)7-3-1-2-4-15-6-7/h1-2,5,7H,3-4,6H2,(H,10,11). The second kappa shape index (κ2) is 4.22. The molecule has 1 aromatic rings. The first-order valence-corrected chi connectivity index (χ1v) is 4.69. The molecule has 2 rings (SSSR count). The molecule has 1 aliphatic heterocycles. The molecule has 6 nitrogen and oxygen atoms in total. The van der Waals surface area contributed by atoms with Crippen molar-refractivity contribution >= 4 is 5.69 Å². The fourth-order valence-corrected chi connectivity index (χ4v) is 1.61. The average Bonchev–Trinajstić information content (AvgIpc) is 2.55. The van der Waals surface area contributed by atoms with Crippen LogP contribution in [-0.4, -0.2) is 28.3 Å². The molecule has 0 radical (unpaired) electrons. The van der Waals surface area contributed by atoms with Gasteiger partial charge in [-0.15, -0.1) is 0 Å². The SMILES string of the molecule is O=[N+]([O-])c1cn[nH]c1C1CC=CCOC1. The highest BCUT2D eigenvalue weighted by molar-refractivity contribution is 5.35. The summed E-state index contributed by atoms with van der Waals surface area (Å²) >= 11 is 0. The van der Waals surface area contributed by atoms with Crippen molar-refractivity contribution in [2.24, 2.45) is 0 Å². The highest BCUT2D eigenvalue weighted by Crippen LogP contribution is 2.28. The number of ether oxygens (including phenoxy) is 1. The number of aromatic nitrogens is 2. The molecule has 0 saturated heterocycles. The van der Waals surface area contributed by atoms with Crippen LogP contribution in [0.15, 0.2) is 18.3 Å². The normalized spacial score (nSPS) is 21.2. The zero-order chi connectivity index (χ0) is 10.7. The van der Waals surface area contributed by atoms with E-state index in [4.69, 9.17) is 4.74 Å². The lowest BCUT2D eigenvalue weighted by molar-refractivity contribution is -0.385. The van der Waals surface area contributed by atoms with Gasteiger partial charge in [0.15, 0.2) is 0 Å². The van der Waals surface area contributed by atoms with Gasteiger partial charge in [-0.05, 0) is 6.42 Å². The summed E-state index contributed by atoms with van der Waals surface area (Å²) in [6.45, 7) is 1.05. The fourth-order valence-electron chi connectivity index (χ4n) is 1.61. The van der Waals surface area contributed by atoms with Gasteiger partial charge in [0.05, 0.1) is 18.1 Å². The van der Waals surface area contributed by atoms with Crippen LogP contribution >= 0.6 is 0 Å². The van der Waals surface area contributed by atoms with E-state index < -0.39 is 4.92 Å². The largest absolute Gasteiger partial charge is 0.377 e. The zero-order valence-electron chi connectivity index (χ0n) is 8.05. The van der Waals surface area contributed by atoms with Crippen LogP contribution in [0.5, 0.6) is 0 Å². The molecular weight excluding hydrogens is 198 g/mol. The fraction of sp³-hybridized carbons (Fsp3) is 0.444. The number of nitro groups is 1. The van der Waals surface area contributed by atoms with Crippen LogP contribution in [0.25, 0.3) is 0 Å². The van der Waals surface area contributed by atoms with Gasteiger partial charge in [0.2, 0.25) is 0 Å². The van der Waals surface area contributed by atoms with Gasteiger partial charge >= 0.3 is 5.69 Å². The summed E-state index contributed by atoms with van der Waals surface area (Å²) in [5, 5.41) is 17.1. The molecule has 0 aliphatic carbocycles. The van der Waals surface area contributed by atoms with Crippen LogP contribution < -0.4 is 0 Å². The van der Waals surface area contributed by atoms with E-state index in [9.17, 15) is 10.1 Å². The van der Waals surface area contributed by atoms with Gasteiger partial charge in [-0.2, -0.15) is 5.10 Å². The molecule has 6 heteroatoms. The van der Waals surface area contributed by atoms with Gasteiger partial charge in [0, 0.05) is 5.92 Å². The second-order valence-corrected chi connectivity index (χ2v) is 3.37. The number of nitrogens with one attached hydrogen (secondary N) is 1. The number of H-pyrrole nitrogens is 1. The molecule has 1 N–H and O–H groups in total. The lowest BCUT2D eigenvalue weighted by Gasteiger charge is -2.09. The Labute approximate surface area is 86.1 Å². The quantitative estimate of drug-likeness (QED) is 0.453. The van der Waals surface area contributed by atoms with Gasteiger partial charge in [-0.3, -0.25) is 15.2 Å². The molecule has 0 fully saturated rings. The predicted molar refractivity (Wildman–Crippen MR) is 52.6 cm³/mol. The smallest absolute Gasteiger partial charge is 0.310 e. The van der Waals surface area contributed by atoms with E-state index in [1.165, 1.54) is 6.20 Å². The molecule has 0 amide bonds. The molecule has 2 heterocycles. The molecule has 80 valence electrons. The van der Waals surface area contributed by atoms with Crippen LogP contribution in [0.4, 0.5) is 5.69 Å². The number of nitrogens with zero attached hydrogens (tertiary/aromatic N) is 2. The van der Waals surface area contributed by atoms with Crippen molar-refractivity contribution in [3.63, 3.8) is 0 Å². The Kier molecular flexibility index (Phi) is 2.77. The Bertz CT molecular complexity index is 386. The van der Waals surface area contributed by atoms with E-state index in [-0.39, 0.29) is 11.6 Å². The highest BCUT2D eigenvalue weighted by Gasteiger charge is 2.24. The molecular formula is C9H11N3O3. The maximum atomic E-state index is 10.7. The first-order valence-electron chi connectivity index (χ1n) is 4.69. The molecule has 0 saturated carbocycles. The number of hydrogen-bond donors (Lipinski definition) is 1. The lowest BCUT2D eigenvalue weighted by Crippen LogP contribution is -2.08. The zero-order valence-corrected chi connectivity index (χ0v) is 8.05. The van der Waals surface area contributed by atoms with Crippen LogP contribution in [-0.2, 0) is 4.74 Å². The number of hydrogen-bond acceptors (Lipinski definition) is 4. The third kappa shape index (κ3) is 2.04. The maximum Gasteiger partial charge on any atom is 0.310 e. The first kappa shape index (κ1) is 9.85. The Morgan fingerprint density at radius 1 is 1.60 bits per heavy atom. The molecule has 1 aliphatic rings. The Balaban J connectivity index is 2.23. The summed E-state index contributed by atoms with van der Waals surface area (Å²) < 4.78 is 5.31. The van der Waals surface area contributed by atoms with Crippen molar-refractivity contribution in [1.29, 1.82) is 0 Å². The first-order chi connectivity index (χ1) is 7.29. The van der Waals surface area contributed by atoms with Crippen LogP contribution in [0.2, 0.25) is 0 Å². The highest BCUT2D eigenvalue weighted by atomic mass is 16.6. The lowest BCUT2D eigenvalue weighted by atomic mass is 10.0. The Morgan fingerprint density at radius 2 is 2.47 bits per heavy atom. The predicted octanol–water partition coefficient (Wildman–Crippen LogP) is 1.38. The van der Waals surface area contributed by atoms with Gasteiger partial charge in [0.1, 0.15) is 11.9 Å². The van der Waals surface area contributed by atoms with Crippen molar-refractivity contribution in [2.75, 3.05) is 13.2 Å². The van der Waals surface area contributed by atoms with E-state index in [2.05, 4.69) is 10.2 Å². The molecule has 1 aromatic heterocycles. The molecule has 0 bridgehead atoms. The van der Waals surface area contributed by atoms with E-state index in [1.807, 2.05) is 12.2 Å². The monoisotopic (exact) mass is 209 g/mol. The minimum absolute atomic E-state index is 0.00773. The maximum absolute atomic E-state index is 10.7. The van der Waals surface area contributed by atoms with Crippen LogP contribution in [0.1, 0.15) is 18.0 Å². The third-order valence-corrected chi connectivity index (χ3v) is 2.37. The van der Waals surface area contributed by atoms with Crippen molar-refractivity contribution in [2.45, 2.75) is 12.3 Å². The van der Waals surface area contributed by atoms with Gasteiger partial charge in [0.25, 0.3) is 0 Å². The summed E-state index contributed by atoms with van der Waals surface area (Å²) in [4.78, 5) is 10.3. The van der Waals surface area contributed by atoms with E-state index in [0.717, 1.165) is 6.42 Å². The van der Waals surface area contributed by atoms with Gasteiger partial charge in [-0.1, -0.05) is 12.2 Å². The summed E-state index contributed by atoms with van der Waals surface area (Å²) in [6, 6.07) is 0. The third-order valence-electron chi connectivity index (χ3n) is 2.37. The van der Waals surface area contributed by atoms with Crippen LogP contribution in [0.3, 0.4) is 0 Å². The van der Waals surface area contributed by atoms with Crippen molar-refractivity contribution in [3.05, 3.63) is 34.2 Å². The minimum atomic E-state index is -0.423. The van der Waals surface area contributed by atoms with Gasteiger partial charge < -0.3 is 4.74 Å². The summed E-state index contributed by atoms with van der Waals surface area (Å²) in [5.74, 6) is -0.00773. The molecule has 1 unspecified atom stereocenters. The van der Waals surface area contributed by atoms with Crippen molar-refractivity contribution < 1.29 is 9.66 Å². The molecule has 0 aromatic carbocycles. The van der Waals surface area contributed by atoms with Gasteiger partial charge in [-0.25, -0.2) is 0 Å².